The SMILES string of the molecule is CC(C)c1ccc2c(c1)[C@@H](NC(=O)C13CC(C(=O)O)(CO1)C3)CCC2. The van der Waals surface area contributed by atoms with E-state index in [1.807, 2.05) is 0 Å². The number of hydrogen-bond donors (Lipinski definition) is 2. The van der Waals surface area contributed by atoms with Gasteiger partial charge in [0.15, 0.2) is 0 Å². The van der Waals surface area contributed by atoms with E-state index in [4.69, 9.17) is 4.74 Å². The van der Waals surface area contributed by atoms with Gasteiger partial charge in [0.1, 0.15) is 5.60 Å². The lowest BCUT2D eigenvalue weighted by Crippen LogP contribution is -2.57. The van der Waals surface area contributed by atoms with E-state index in [1.54, 1.807) is 0 Å². The van der Waals surface area contributed by atoms with Crippen LogP contribution < -0.4 is 5.32 Å². The molecule has 5 nitrogen and oxygen atoms in total. The number of carbonyl (C=O) groups excluding carboxylic acids is 1. The molecule has 1 atom stereocenters. The highest BCUT2D eigenvalue weighted by Crippen LogP contribution is 2.58. The fourth-order valence-electron chi connectivity index (χ4n) is 4.58. The van der Waals surface area contributed by atoms with E-state index in [9.17, 15) is 14.7 Å². The number of nitrogens with one attached hydrogen (secondary N) is 1. The highest BCUT2D eigenvalue weighted by molar-refractivity contribution is 5.92. The number of fused-ring (bicyclic) bond motifs is 2. The molecule has 3 fully saturated rings. The third kappa shape index (κ3) is 2.48. The van der Waals surface area contributed by atoms with Crippen LogP contribution in [-0.4, -0.2) is 29.2 Å². The van der Waals surface area contributed by atoms with Gasteiger partial charge in [-0.3, -0.25) is 9.59 Å². The van der Waals surface area contributed by atoms with E-state index in [0.717, 1.165) is 19.3 Å². The monoisotopic (exact) mass is 343 g/mol. The number of carboxylic acids is 1. The Kier molecular flexibility index (Phi) is 3.69. The molecule has 0 radical (unpaired) electrons. The standard InChI is InChI=1S/C20H25NO4/c1-12(2)14-7-6-13-4-3-5-16(15(13)8-14)21-17(22)20-9-19(10-20,11-25-20)18(23)24/h6-8,12,16H,3-5,9-11H2,1-2H3,(H,21,22)(H,23,24)/t16-,19?,20?/m0/s1. The van der Waals surface area contributed by atoms with E-state index in [-0.39, 0.29) is 18.6 Å². The van der Waals surface area contributed by atoms with Crippen molar-refractivity contribution in [2.24, 2.45) is 5.41 Å². The summed E-state index contributed by atoms with van der Waals surface area (Å²) >= 11 is 0. The normalized spacial score (nSPS) is 32.8. The van der Waals surface area contributed by atoms with Gasteiger partial charge in [-0.2, -0.15) is 0 Å². The molecule has 2 heterocycles. The second-order valence-corrected chi connectivity index (χ2v) is 8.25. The average Bonchev–Trinajstić information content (AvgIpc) is 3.12. The summed E-state index contributed by atoms with van der Waals surface area (Å²) in [7, 11) is 0. The fraction of sp³-hybridized carbons (Fsp3) is 0.600. The first kappa shape index (κ1) is 16.6. The number of hydrogen-bond acceptors (Lipinski definition) is 3. The van der Waals surface area contributed by atoms with E-state index < -0.39 is 17.0 Å². The molecule has 0 unspecified atom stereocenters. The highest BCUT2D eigenvalue weighted by Gasteiger charge is 2.70. The van der Waals surface area contributed by atoms with Crippen LogP contribution in [0.15, 0.2) is 18.2 Å². The van der Waals surface area contributed by atoms with Crippen LogP contribution in [0.3, 0.4) is 0 Å². The summed E-state index contributed by atoms with van der Waals surface area (Å²) in [5.41, 5.74) is 2.03. The molecular weight excluding hydrogens is 318 g/mol. The number of amides is 1. The van der Waals surface area contributed by atoms with Crippen LogP contribution in [0.5, 0.6) is 0 Å². The van der Waals surface area contributed by atoms with Gasteiger partial charge in [-0.15, -0.1) is 0 Å². The third-order valence-corrected chi connectivity index (χ3v) is 6.20. The maximum atomic E-state index is 12.8. The fourth-order valence-corrected chi connectivity index (χ4v) is 4.58. The van der Waals surface area contributed by atoms with Crippen LogP contribution in [0, 0.1) is 5.41 Å². The Morgan fingerprint density at radius 1 is 1.32 bits per heavy atom. The number of aryl methyl sites for hydroxylation is 1. The molecular formula is C20H25NO4. The molecule has 5 heteroatoms. The Balaban J connectivity index is 1.53. The minimum absolute atomic E-state index is 0.00615. The van der Waals surface area contributed by atoms with Gasteiger partial charge in [-0.25, -0.2) is 0 Å². The molecule has 0 aromatic heterocycles. The number of aliphatic carboxylic acids is 1. The van der Waals surface area contributed by atoms with Crippen molar-refractivity contribution >= 4 is 11.9 Å². The third-order valence-electron chi connectivity index (χ3n) is 6.20. The average molecular weight is 343 g/mol. The highest BCUT2D eigenvalue weighted by atomic mass is 16.5. The van der Waals surface area contributed by atoms with Gasteiger partial charge < -0.3 is 15.2 Å². The Morgan fingerprint density at radius 2 is 2.08 bits per heavy atom. The van der Waals surface area contributed by atoms with Crippen LogP contribution in [-0.2, 0) is 20.7 Å². The van der Waals surface area contributed by atoms with Crippen molar-refractivity contribution in [2.75, 3.05) is 6.61 Å². The van der Waals surface area contributed by atoms with Crippen LogP contribution in [0.25, 0.3) is 0 Å². The smallest absolute Gasteiger partial charge is 0.312 e. The van der Waals surface area contributed by atoms with Crippen molar-refractivity contribution in [1.82, 2.24) is 5.32 Å². The molecule has 2 bridgehead atoms. The second-order valence-electron chi connectivity index (χ2n) is 8.25. The van der Waals surface area contributed by atoms with E-state index in [1.165, 1.54) is 16.7 Å². The minimum atomic E-state index is -0.925. The van der Waals surface area contributed by atoms with Gasteiger partial charge in [0, 0.05) is 12.8 Å². The van der Waals surface area contributed by atoms with Gasteiger partial charge in [0.2, 0.25) is 0 Å². The van der Waals surface area contributed by atoms with Crippen molar-refractivity contribution < 1.29 is 19.4 Å². The van der Waals surface area contributed by atoms with Gasteiger partial charge in [-0.1, -0.05) is 32.0 Å². The lowest BCUT2D eigenvalue weighted by atomic mass is 9.62. The quantitative estimate of drug-likeness (QED) is 0.881. The van der Waals surface area contributed by atoms with E-state index >= 15 is 0 Å². The number of ether oxygens (including phenoxy) is 1. The van der Waals surface area contributed by atoms with Crippen molar-refractivity contribution in [1.29, 1.82) is 0 Å². The van der Waals surface area contributed by atoms with Crippen LogP contribution in [0.2, 0.25) is 0 Å². The first-order valence-corrected chi connectivity index (χ1v) is 9.16. The second kappa shape index (κ2) is 5.56. The number of carboxylic acid groups (broad SMARTS) is 1. The Morgan fingerprint density at radius 3 is 2.72 bits per heavy atom. The summed E-state index contributed by atoms with van der Waals surface area (Å²) in [6, 6.07) is 6.58. The summed E-state index contributed by atoms with van der Waals surface area (Å²) in [5.74, 6) is -0.546. The summed E-state index contributed by atoms with van der Waals surface area (Å²) in [6.45, 7) is 4.49. The van der Waals surface area contributed by atoms with Crippen molar-refractivity contribution in [3.63, 3.8) is 0 Å². The zero-order chi connectivity index (χ0) is 17.8. The van der Waals surface area contributed by atoms with Crippen molar-refractivity contribution in [2.45, 2.75) is 63.5 Å². The maximum absolute atomic E-state index is 12.8. The van der Waals surface area contributed by atoms with Crippen LogP contribution in [0.1, 0.15) is 68.2 Å². The molecule has 1 saturated carbocycles. The first-order chi connectivity index (χ1) is 11.9. The zero-order valence-corrected chi connectivity index (χ0v) is 14.8. The summed E-state index contributed by atoms with van der Waals surface area (Å²) < 4.78 is 5.64. The van der Waals surface area contributed by atoms with Crippen LogP contribution in [0.4, 0.5) is 0 Å². The molecule has 4 aliphatic rings. The number of rotatable bonds is 4. The Hall–Kier alpha value is -1.88. The molecule has 1 amide bonds. The Bertz CT molecular complexity index is 733. The van der Waals surface area contributed by atoms with Gasteiger partial charge >= 0.3 is 5.97 Å². The van der Waals surface area contributed by atoms with Gasteiger partial charge in [-0.05, 0) is 41.9 Å². The van der Waals surface area contributed by atoms with E-state index in [2.05, 4.69) is 37.4 Å². The molecule has 5 rings (SSSR count). The maximum Gasteiger partial charge on any atom is 0.312 e. The first-order valence-electron chi connectivity index (χ1n) is 9.16. The summed E-state index contributed by atoms with van der Waals surface area (Å²) in [4.78, 5) is 24.2. The summed E-state index contributed by atoms with van der Waals surface area (Å²) in [5, 5.41) is 12.5. The largest absolute Gasteiger partial charge is 0.481 e. The molecule has 0 spiro atoms. The summed E-state index contributed by atoms with van der Waals surface area (Å²) in [6.07, 6.45) is 3.61. The lowest BCUT2D eigenvalue weighted by Gasteiger charge is -2.41. The van der Waals surface area contributed by atoms with Crippen molar-refractivity contribution in [3.8, 4) is 0 Å². The van der Waals surface area contributed by atoms with E-state index in [0.29, 0.717) is 18.8 Å². The molecule has 1 aromatic rings. The Labute approximate surface area is 147 Å². The van der Waals surface area contributed by atoms with Crippen molar-refractivity contribution in [3.05, 3.63) is 34.9 Å². The topological polar surface area (TPSA) is 75.6 Å². The minimum Gasteiger partial charge on any atom is -0.481 e. The van der Waals surface area contributed by atoms with Crippen LogP contribution >= 0.6 is 0 Å². The molecule has 2 N–H and O–H groups in total. The molecule has 25 heavy (non-hydrogen) atoms. The predicted octanol–water partition coefficient (Wildman–Crippen LogP) is 2.94. The van der Waals surface area contributed by atoms with Gasteiger partial charge in [0.05, 0.1) is 18.1 Å². The molecule has 2 saturated heterocycles. The molecule has 2 aliphatic heterocycles. The lowest BCUT2D eigenvalue weighted by molar-refractivity contribution is -0.159. The number of carbonyl (C=O) groups is 2. The van der Waals surface area contributed by atoms with Gasteiger partial charge in [0.25, 0.3) is 5.91 Å². The molecule has 2 aliphatic carbocycles. The molecule has 134 valence electrons. The predicted molar refractivity (Wildman–Crippen MR) is 92.3 cm³/mol. The zero-order valence-electron chi connectivity index (χ0n) is 14.8. The molecule has 1 aromatic carbocycles. The number of benzene rings is 1.